The molecule has 10 heteroatoms. The molecule has 0 spiro atoms. The number of nitro groups is 1. The van der Waals surface area contributed by atoms with Gasteiger partial charge in [-0.05, 0) is 47.5 Å². The summed E-state index contributed by atoms with van der Waals surface area (Å²) in [4.78, 5) is 34.4. The lowest BCUT2D eigenvalue weighted by Crippen LogP contribution is -2.48. The maximum absolute atomic E-state index is 13.6. The van der Waals surface area contributed by atoms with Crippen LogP contribution in [-0.2, 0) is 0 Å². The first-order valence-corrected chi connectivity index (χ1v) is 11.1. The summed E-state index contributed by atoms with van der Waals surface area (Å²) in [5.41, 5.74) is 1.38. The van der Waals surface area contributed by atoms with Crippen LogP contribution >= 0.6 is 0 Å². The van der Waals surface area contributed by atoms with Gasteiger partial charge < -0.3 is 9.88 Å². The van der Waals surface area contributed by atoms with E-state index in [-0.39, 0.29) is 23.4 Å². The molecule has 0 radical (unpaired) electrons. The fraction of sp³-hybridized carbons (Fsp3) is 0.200. The van der Waals surface area contributed by atoms with Crippen LogP contribution in [0.4, 0.5) is 20.2 Å². The van der Waals surface area contributed by atoms with Gasteiger partial charge in [0.05, 0.1) is 16.5 Å². The van der Waals surface area contributed by atoms with Crippen molar-refractivity contribution in [2.24, 2.45) is 0 Å². The van der Waals surface area contributed by atoms with Crippen LogP contribution in [0.1, 0.15) is 17.2 Å². The smallest absolute Gasteiger partial charge is 0.359 e. The summed E-state index contributed by atoms with van der Waals surface area (Å²) >= 11 is 0. The average molecular weight is 477 g/mol. The number of fused-ring (bicyclic) bond motifs is 1. The standard InChI is InChI=1S/C25H21F2N5O3/c26-18-7-3-16(4-8-18)22(17-5-9-19(27)10-6-17)30-12-14-31(15-13-30)23-21-20(2-1-11-28-21)29-25(33)24(23)32(34)35/h1-11,22H,12-15H2,(H,29,33). The Balaban J connectivity index is 1.49. The number of benzene rings is 2. The highest BCUT2D eigenvalue weighted by Gasteiger charge is 2.32. The van der Waals surface area contributed by atoms with Crippen LogP contribution in [0.2, 0.25) is 0 Å². The molecule has 1 saturated heterocycles. The molecule has 1 fully saturated rings. The zero-order valence-electron chi connectivity index (χ0n) is 18.5. The average Bonchev–Trinajstić information content (AvgIpc) is 2.86. The Morgan fingerprint density at radius 2 is 1.49 bits per heavy atom. The first kappa shape index (κ1) is 22.6. The molecule has 2 aromatic heterocycles. The third-order valence-electron chi connectivity index (χ3n) is 6.27. The predicted octanol–water partition coefficient (Wildman–Crippen LogP) is 4.02. The van der Waals surface area contributed by atoms with E-state index in [1.807, 2.05) is 4.90 Å². The molecule has 1 aliphatic heterocycles. The third-order valence-corrected chi connectivity index (χ3v) is 6.27. The Hall–Kier alpha value is -4.18. The van der Waals surface area contributed by atoms with E-state index in [0.717, 1.165) is 11.1 Å². The van der Waals surface area contributed by atoms with E-state index in [0.29, 0.717) is 37.2 Å². The van der Waals surface area contributed by atoms with Crippen LogP contribution in [0.15, 0.2) is 71.7 Å². The van der Waals surface area contributed by atoms with Gasteiger partial charge in [0, 0.05) is 32.4 Å². The Labute approximate surface area is 198 Å². The molecule has 8 nitrogen and oxygen atoms in total. The third kappa shape index (κ3) is 4.35. The molecule has 5 rings (SSSR count). The van der Waals surface area contributed by atoms with Gasteiger partial charge in [-0.2, -0.15) is 0 Å². The van der Waals surface area contributed by atoms with Crippen LogP contribution in [0, 0.1) is 21.7 Å². The summed E-state index contributed by atoms with van der Waals surface area (Å²) in [6.45, 7) is 1.79. The molecule has 4 aromatic rings. The molecule has 0 amide bonds. The first-order valence-electron chi connectivity index (χ1n) is 11.1. The van der Waals surface area contributed by atoms with Gasteiger partial charge in [0.1, 0.15) is 22.8 Å². The second kappa shape index (κ2) is 9.22. The van der Waals surface area contributed by atoms with Crippen molar-refractivity contribution in [3.8, 4) is 0 Å². The second-order valence-electron chi connectivity index (χ2n) is 8.34. The summed E-state index contributed by atoms with van der Waals surface area (Å²) in [5, 5.41) is 11.8. The molecule has 2 aromatic carbocycles. The lowest BCUT2D eigenvalue weighted by atomic mass is 9.96. The van der Waals surface area contributed by atoms with E-state index in [2.05, 4.69) is 14.9 Å². The maximum Gasteiger partial charge on any atom is 0.359 e. The van der Waals surface area contributed by atoms with Crippen molar-refractivity contribution in [1.82, 2.24) is 14.9 Å². The Bertz CT molecular complexity index is 1390. The van der Waals surface area contributed by atoms with E-state index in [9.17, 15) is 23.7 Å². The van der Waals surface area contributed by atoms with Crippen LogP contribution in [0.3, 0.4) is 0 Å². The summed E-state index contributed by atoms with van der Waals surface area (Å²) in [6, 6.07) is 15.4. The topological polar surface area (TPSA) is 95.4 Å². The largest absolute Gasteiger partial charge is 0.361 e. The number of aromatic amines is 1. The molecule has 0 saturated carbocycles. The van der Waals surface area contributed by atoms with Crippen LogP contribution in [-0.4, -0.2) is 46.0 Å². The maximum atomic E-state index is 13.6. The van der Waals surface area contributed by atoms with Gasteiger partial charge in [-0.3, -0.25) is 24.8 Å². The molecule has 0 unspecified atom stereocenters. The molecule has 0 atom stereocenters. The number of pyridine rings is 2. The predicted molar refractivity (Wildman–Crippen MR) is 127 cm³/mol. The quantitative estimate of drug-likeness (QED) is 0.345. The molecule has 1 aliphatic rings. The molecule has 0 bridgehead atoms. The van der Waals surface area contributed by atoms with E-state index >= 15 is 0 Å². The van der Waals surface area contributed by atoms with Crippen molar-refractivity contribution in [3.63, 3.8) is 0 Å². The highest BCUT2D eigenvalue weighted by Crippen LogP contribution is 2.34. The Morgan fingerprint density at radius 1 is 0.914 bits per heavy atom. The zero-order chi connectivity index (χ0) is 24.5. The number of piperazine rings is 1. The molecule has 3 heterocycles. The van der Waals surface area contributed by atoms with Gasteiger partial charge in [-0.25, -0.2) is 8.78 Å². The first-order chi connectivity index (χ1) is 16.9. The van der Waals surface area contributed by atoms with E-state index < -0.39 is 16.2 Å². The van der Waals surface area contributed by atoms with Crippen molar-refractivity contribution >= 4 is 22.4 Å². The molecule has 178 valence electrons. The summed E-state index contributed by atoms with van der Waals surface area (Å²) in [7, 11) is 0. The van der Waals surface area contributed by atoms with Gasteiger partial charge in [0.2, 0.25) is 0 Å². The van der Waals surface area contributed by atoms with Gasteiger partial charge in [-0.1, -0.05) is 24.3 Å². The van der Waals surface area contributed by atoms with Gasteiger partial charge in [0.25, 0.3) is 0 Å². The van der Waals surface area contributed by atoms with E-state index in [4.69, 9.17) is 0 Å². The molecular weight excluding hydrogens is 456 g/mol. The van der Waals surface area contributed by atoms with Gasteiger partial charge in [0.15, 0.2) is 0 Å². The molecule has 0 aliphatic carbocycles. The van der Waals surface area contributed by atoms with Crippen molar-refractivity contribution in [2.75, 3.05) is 31.1 Å². The number of nitrogens with zero attached hydrogens (tertiary/aromatic N) is 4. The summed E-state index contributed by atoms with van der Waals surface area (Å²) in [5.74, 6) is -0.699. The lowest BCUT2D eigenvalue weighted by molar-refractivity contribution is -0.385. The Kier molecular flexibility index (Phi) is 5.96. The Morgan fingerprint density at radius 3 is 2.03 bits per heavy atom. The lowest BCUT2D eigenvalue weighted by Gasteiger charge is -2.40. The number of anilines is 1. The number of hydrogen-bond donors (Lipinski definition) is 1. The van der Waals surface area contributed by atoms with Crippen molar-refractivity contribution in [1.29, 1.82) is 0 Å². The SMILES string of the molecule is O=c1[nH]c2cccnc2c(N2CCN(C(c3ccc(F)cc3)c3ccc(F)cc3)CC2)c1[N+](=O)[O-]. The van der Waals surface area contributed by atoms with E-state index in [1.165, 1.54) is 30.5 Å². The highest BCUT2D eigenvalue weighted by molar-refractivity contribution is 5.93. The monoisotopic (exact) mass is 477 g/mol. The fourth-order valence-corrected chi connectivity index (χ4v) is 4.67. The summed E-state index contributed by atoms with van der Waals surface area (Å²) in [6.07, 6.45) is 1.53. The second-order valence-corrected chi connectivity index (χ2v) is 8.34. The molecule has 35 heavy (non-hydrogen) atoms. The number of aromatic nitrogens is 2. The number of nitrogens with one attached hydrogen (secondary N) is 1. The number of halogens is 2. The number of hydrogen-bond acceptors (Lipinski definition) is 6. The minimum atomic E-state index is -0.775. The van der Waals surface area contributed by atoms with Crippen molar-refractivity contribution < 1.29 is 13.7 Å². The molecule has 1 N–H and O–H groups in total. The van der Waals surface area contributed by atoms with Gasteiger partial charge >= 0.3 is 11.2 Å². The zero-order valence-corrected chi connectivity index (χ0v) is 18.5. The normalized spacial score (nSPS) is 14.5. The van der Waals surface area contributed by atoms with Crippen LogP contribution in [0.25, 0.3) is 11.0 Å². The van der Waals surface area contributed by atoms with E-state index in [1.54, 1.807) is 36.4 Å². The van der Waals surface area contributed by atoms with Crippen LogP contribution < -0.4 is 10.5 Å². The highest BCUT2D eigenvalue weighted by atomic mass is 19.1. The summed E-state index contributed by atoms with van der Waals surface area (Å²) < 4.78 is 27.2. The van der Waals surface area contributed by atoms with Gasteiger partial charge in [-0.15, -0.1) is 0 Å². The van der Waals surface area contributed by atoms with Crippen molar-refractivity contribution in [3.05, 3.63) is 110 Å². The molecular formula is C25H21F2N5O3. The fourth-order valence-electron chi connectivity index (χ4n) is 4.67. The minimum absolute atomic E-state index is 0.203. The number of rotatable bonds is 5. The van der Waals surface area contributed by atoms with Crippen LogP contribution in [0.5, 0.6) is 0 Å². The van der Waals surface area contributed by atoms with Crippen molar-refractivity contribution in [2.45, 2.75) is 6.04 Å². The minimum Gasteiger partial charge on any atom is -0.361 e. The number of H-pyrrole nitrogens is 1.